The highest BCUT2D eigenvalue weighted by atomic mass is 32.1. The molecule has 0 aliphatic carbocycles. The number of H-pyrrole nitrogens is 1. The van der Waals surface area contributed by atoms with Crippen molar-refractivity contribution in [2.24, 2.45) is 0 Å². The van der Waals surface area contributed by atoms with E-state index in [1.807, 2.05) is 24.3 Å². The van der Waals surface area contributed by atoms with Crippen LogP contribution in [0.15, 0.2) is 24.3 Å². The number of imidazole rings is 1. The molecule has 0 radical (unpaired) electrons. The predicted molar refractivity (Wildman–Crippen MR) is 99.8 cm³/mol. The Labute approximate surface area is 150 Å². The topological polar surface area (TPSA) is 73.9 Å². The Morgan fingerprint density at radius 3 is 3.08 bits per heavy atom. The lowest BCUT2D eigenvalue weighted by Crippen LogP contribution is -2.29. The second-order valence-electron chi connectivity index (χ2n) is 6.26. The maximum Gasteiger partial charge on any atom is 0.226 e. The van der Waals surface area contributed by atoms with Crippen LogP contribution < -0.4 is 5.32 Å². The number of fused-ring (bicyclic) bond motifs is 2. The third-order valence-corrected chi connectivity index (χ3v) is 5.53. The van der Waals surface area contributed by atoms with E-state index < -0.39 is 0 Å². The summed E-state index contributed by atoms with van der Waals surface area (Å²) in [5.74, 6) is 0.826. The molecule has 7 heteroatoms. The average Bonchev–Trinajstić information content (AvgIpc) is 3.21. The first-order valence-electron chi connectivity index (χ1n) is 8.65. The fourth-order valence-corrected chi connectivity index (χ4v) is 4.18. The van der Waals surface area contributed by atoms with Crippen LogP contribution >= 0.6 is 11.3 Å². The summed E-state index contributed by atoms with van der Waals surface area (Å²) in [7, 11) is 0. The van der Waals surface area contributed by atoms with Gasteiger partial charge in [0.1, 0.15) is 5.82 Å². The summed E-state index contributed by atoms with van der Waals surface area (Å²) >= 11 is 1.60. The summed E-state index contributed by atoms with van der Waals surface area (Å²) in [5, 5.41) is 3.66. The van der Waals surface area contributed by atoms with Gasteiger partial charge in [0.05, 0.1) is 16.7 Å². The second-order valence-corrected chi connectivity index (χ2v) is 7.34. The lowest BCUT2D eigenvalue weighted by Gasteiger charge is -2.23. The van der Waals surface area contributed by atoms with Crippen LogP contribution in [-0.4, -0.2) is 38.8 Å². The van der Waals surface area contributed by atoms with Gasteiger partial charge in [0.2, 0.25) is 5.91 Å². The number of thiazole rings is 1. The van der Waals surface area contributed by atoms with Crippen molar-refractivity contribution in [2.75, 3.05) is 18.4 Å². The van der Waals surface area contributed by atoms with E-state index in [1.54, 1.807) is 11.3 Å². The van der Waals surface area contributed by atoms with Crippen molar-refractivity contribution in [2.45, 2.75) is 32.7 Å². The molecule has 3 heterocycles. The van der Waals surface area contributed by atoms with Crippen LogP contribution in [0, 0.1) is 0 Å². The molecular weight excluding hydrogens is 334 g/mol. The SMILES string of the molecule is CCN1CCc2nc(NC(=O)CCc3nc4ccccc4[nH]3)sc2C1. The van der Waals surface area contributed by atoms with Gasteiger partial charge in [0, 0.05) is 37.2 Å². The van der Waals surface area contributed by atoms with Gasteiger partial charge in [-0.05, 0) is 18.7 Å². The molecule has 0 spiro atoms. The first-order valence-corrected chi connectivity index (χ1v) is 9.47. The molecule has 2 N–H and O–H groups in total. The van der Waals surface area contributed by atoms with Gasteiger partial charge in [-0.2, -0.15) is 0 Å². The highest BCUT2D eigenvalue weighted by molar-refractivity contribution is 7.15. The minimum Gasteiger partial charge on any atom is -0.342 e. The molecule has 130 valence electrons. The third kappa shape index (κ3) is 3.57. The van der Waals surface area contributed by atoms with Crippen LogP contribution in [0.3, 0.4) is 0 Å². The van der Waals surface area contributed by atoms with E-state index in [0.717, 1.165) is 53.7 Å². The van der Waals surface area contributed by atoms with E-state index in [2.05, 4.69) is 32.1 Å². The number of likely N-dealkylation sites (N-methyl/N-ethyl adjacent to an activating group) is 1. The number of rotatable bonds is 5. The summed E-state index contributed by atoms with van der Waals surface area (Å²) in [6.07, 6.45) is 1.95. The van der Waals surface area contributed by atoms with Gasteiger partial charge < -0.3 is 10.3 Å². The van der Waals surface area contributed by atoms with Crippen LogP contribution in [-0.2, 0) is 24.2 Å². The molecule has 0 bridgehead atoms. The van der Waals surface area contributed by atoms with Crippen molar-refractivity contribution >= 4 is 33.4 Å². The highest BCUT2D eigenvalue weighted by Gasteiger charge is 2.20. The van der Waals surface area contributed by atoms with Crippen LogP contribution in [0.25, 0.3) is 11.0 Å². The van der Waals surface area contributed by atoms with Crippen molar-refractivity contribution in [3.05, 3.63) is 40.7 Å². The number of aromatic nitrogens is 3. The number of hydrogen-bond acceptors (Lipinski definition) is 5. The number of para-hydroxylation sites is 2. The molecule has 2 aromatic heterocycles. The van der Waals surface area contributed by atoms with Gasteiger partial charge in [0.25, 0.3) is 0 Å². The Bertz CT molecular complexity index is 867. The highest BCUT2D eigenvalue weighted by Crippen LogP contribution is 2.28. The van der Waals surface area contributed by atoms with Gasteiger partial charge in [0.15, 0.2) is 5.13 Å². The minimum atomic E-state index is -0.0149. The van der Waals surface area contributed by atoms with Crippen molar-refractivity contribution in [3.63, 3.8) is 0 Å². The average molecular weight is 355 g/mol. The Balaban J connectivity index is 1.35. The Kier molecular flexibility index (Phi) is 4.50. The molecule has 0 unspecified atom stereocenters. The summed E-state index contributed by atoms with van der Waals surface area (Å²) in [6, 6.07) is 7.89. The van der Waals surface area contributed by atoms with E-state index in [9.17, 15) is 4.79 Å². The molecule has 1 aliphatic heterocycles. The number of aromatic amines is 1. The summed E-state index contributed by atoms with van der Waals surface area (Å²) in [6.45, 7) is 5.22. The fourth-order valence-electron chi connectivity index (χ4n) is 3.11. The molecule has 1 amide bonds. The fraction of sp³-hybridized carbons (Fsp3) is 0.389. The predicted octanol–water partition coefficient (Wildman–Crippen LogP) is 2.97. The number of carbonyl (C=O) groups is 1. The number of hydrogen-bond donors (Lipinski definition) is 2. The lowest BCUT2D eigenvalue weighted by molar-refractivity contribution is -0.116. The van der Waals surface area contributed by atoms with E-state index >= 15 is 0 Å². The van der Waals surface area contributed by atoms with Crippen LogP contribution in [0.4, 0.5) is 5.13 Å². The zero-order valence-electron chi connectivity index (χ0n) is 14.2. The zero-order valence-corrected chi connectivity index (χ0v) is 15.0. The van der Waals surface area contributed by atoms with Crippen molar-refractivity contribution in [3.8, 4) is 0 Å². The Morgan fingerprint density at radius 1 is 1.36 bits per heavy atom. The molecule has 0 saturated carbocycles. The first-order chi connectivity index (χ1) is 12.2. The van der Waals surface area contributed by atoms with Gasteiger partial charge >= 0.3 is 0 Å². The van der Waals surface area contributed by atoms with Crippen molar-refractivity contribution in [1.82, 2.24) is 19.9 Å². The van der Waals surface area contributed by atoms with Crippen molar-refractivity contribution in [1.29, 1.82) is 0 Å². The maximum atomic E-state index is 12.2. The van der Waals surface area contributed by atoms with Gasteiger partial charge in [-0.15, -0.1) is 11.3 Å². The standard InChI is InChI=1S/C18H21N5OS/c1-2-23-10-9-14-15(11-23)25-18(21-14)22-17(24)8-7-16-19-12-5-3-4-6-13(12)20-16/h3-6H,2,7-11H2,1H3,(H,19,20)(H,21,22,24). The summed E-state index contributed by atoms with van der Waals surface area (Å²) < 4.78 is 0. The van der Waals surface area contributed by atoms with E-state index in [1.165, 1.54) is 4.88 Å². The number of amides is 1. The molecule has 6 nitrogen and oxygen atoms in total. The van der Waals surface area contributed by atoms with Gasteiger partial charge in [-0.1, -0.05) is 19.1 Å². The van der Waals surface area contributed by atoms with E-state index in [-0.39, 0.29) is 5.91 Å². The zero-order chi connectivity index (χ0) is 17.2. The molecule has 1 aromatic carbocycles. The lowest BCUT2D eigenvalue weighted by atomic mass is 10.2. The smallest absolute Gasteiger partial charge is 0.226 e. The molecule has 0 atom stereocenters. The van der Waals surface area contributed by atoms with E-state index in [4.69, 9.17) is 0 Å². The molecule has 3 aromatic rings. The maximum absolute atomic E-state index is 12.2. The third-order valence-electron chi connectivity index (χ3n) is 4.53. The summed E-state index contributed by atoms with van der Waals surface area (Å²) in [4.78, 5) is 28.3. The second kappa shape index (κ2) is 6.93. The van der Waals surface area contributed by atoms with Gasteiger partial charge in [-0.3, -0.25) is 9.69 Å². The summed E-state index contributed by atoms with van der Waals surface area (Å²) in [5.41, 5.74) is 3.08. The van der Waals surface area contributed by atoms with E-state index in [0.29, 0.717) is 12.8 Å². The van der Waals surface area contributed by atoms with Gasteiger partial charge in [-0.25, -0.2) is 9.97 Å². The first kappa shape index (κ1) is 16.2. The molecule has 4 rings (SSSR count). The van der Waals surface area contributed by atoms with Crippen LogP contribution in [0.2, 0.25) is 0 Å². The number of aryl methyl sites for hydroxylation is 1. The number of nitrogens with zero attached hydrogens (tertiary/aromatic N) is 3. The molecule has 1 aliphatic rings. The Morgan fingerprint density at radius 2 is 2.24 bits per heavy atom. The van der Waals surface area contributed by atoms with Crippen LogP contribution in [0.1, 0.15) is 29.7 Å². The quantitative estimate of drug-likeness (QED) is 0.738. The molecule has 0 fully saturated rings. The number of benzene rings is 1. The monoisotopic (exact) mass is 355 g/mol. The number of anilines is 1. The largest absolute Gasteiger partial charge is 0.342 e. The molecule has 0 saturated heterocycles. The normalized spacial score (nSPS) is 14.6. The molecule has 25 heavy (non-hydrogen) atoms. The number of nitrogens with one attached hydrogen (secondary N) is 2. The Hall–Kier alpha value is -2.25. The van der Waals surface area contributed by atoms with Crippen molar-refractivity contribution < 1.29 is 4.79 Å². The van der Waals surface area contributed by atoms with Crippen LogP contribution in [0.5, 0.6) is 0 Å². The number of carbonyl (C=O) groups excluding carboxylic acids is 1. The molecular formula is C18H21N5OS. The minimum absolute atomic E-state index is 0.0149.